The number of nitrogens with one attached hydrogen (secondary N) is 1. The first-order valence-corrected chi connectivity index (χ1v) is 6.97. The van der Waals surface area contributed by atoms with E-state index < -0.39 is 0 Å². The molecule has 0 saturated carbocycles. The number of hydrogen-bond acceptors (Lipinski definition) is 4. The van der Waals surface area contributed by atoms with Crippen LogP contribution in [0.3, 0.4) is 0 Å². The second kappa shape index (κ2) is 7.21. The second-order valence-electron chi connectivity index (χ2n) is 4.81. The van der Waals surface area contributed by atoms with Crippen LogP contribution in [0.1, 0.15) is 23.9 Å². The van der Waals surface area contributed by atoms with Crippen molar-refractivity contribution in [1.29, 1.82) is 0 Å². The Kier molecular flexibility index (Phi) is 5.31. The zero-order valence-corrected chi connectivity index (χ0v) is 12.5. The van der Waals surface area contributed by atoms with E-state index in [1.807, 2.05) is 22.5 Å². The van der Waals surface area contributed by atoms with E-state index in [0.717, 1.165) is 38.5 Å². The van der Waals surface area contributed by atoms with Crippen LogP contribution in [0.15, 0.2) is 18.5 Å². The Balaban J connectivity index is 1.91. The number of aryl methyl sites for hydroxylation is 2. The van der Waals surface area contributed by atoms with E-state index in [-0.39, 0.29) is 0 Å². The van der Waals surface area contributed by atoms with E-state index in [9.17, 15) is 0 Å². The molecule has 2 heterocycles. The minimum Gasteiger partial charge on any atom is -0.383 e. The zero-order chi connectivity index (χ0) is 14.4. The third-order valence-corrected chi connectivity index (χ3v) is 3.11. The third kappa shape index (κ3) is 3.91. The van der Waals surface area contributed by atoms with Gasteiger partial charge in [0.15, 0.2) is 0 Å². The summed E-state index contributed by atoms with van der Waals surface area (Å²) >= 11 is 0. The molecule has 0 spiro atoms. The normalized spacial score (nSPS) is 11.2. The van der Waals surface area contributed by atoms with Crippen molar-refractivity contribution in [3.8, 4) is 0 Å². The average Bonchev–Trinajstić information content (AvgIpc) is 3.02. The highest BCUT2D eigenvalue weighted by Crippen LogP contribution is 2.07. The first-order valence-electron chi connectivity index (χ1n) is 6.97. The quantitative estimate of drug-likeness (QED) is 0.737. The van der Waals surface area contributed by atoms with Gasteiger partial charge in [-0.1, -0.05) is 0 Å². The number of aromatic nitrogens is 4. The minimum absolute atomic E-state index is 0.725. The molecule has 0 fully saturated rings. The molecule has 0 radical (unpaired) electrons. The van der Waals surface area contributed by atoms with Gasteiger partial charge >= 0.3 is 0 Å². The molecule has 0 atom stereocenters. The molecule has 110 valence electrons. The van der Waals surface area contributed by atoms with Gasteiger partial charge in [-0.05, 0) is 19.9 Å². The Morgan fingerprint density at radius 1 is 1.40 bits per heavy atom. The molecule has 0 saturated heterocycles. The maximum Gasteiger partial charge on any atom is 0.0828 e. The van der Waals surface area contributed by atoms with Gasteiger partial charge < -0.3 is 10.1 Å². The lowest BCUT2D eigenvalue weighted by molar-refractivity contribution is 0.199. The van der Waals surface area contributed by atoms with E-state index in [0.29, 0.717) is 0 Å². The summed E-state index contributed by atoms with van der Waals surface area (Å²) in [6.45, 7) is 8.15. The third-order valence-electron chi connectivity index (χ3n) is 3.11. The van der Waals surface area contributed by atoms with Crippen LogP contribution >= 0.6 is 0 Å². The van der Waals surface area contributed by atoms with Crippen molar-refractivity contribution in [2.45, 2.75) is 33.5 Å². The summed E-state index contributed by atoms with van der Waals surface area (Å²) in [5.74, 6) is 0. The zero-order valence-electron chi connectivity index (χ0n) is 12.5. The van der Waals surface area contributed by atoms with Gasteiger partial charge in [-0.15, -0.1) is 0 Å². The summed E-state index contributed by atoms with van der Waals surface area (Å²) in [5, 5.41) is 12.2. The summed E-state index contributed by atoms with van der Waals surface area (Å²) in [5.41, 5.74) is 3.42. The van der Waals surface area contributed by atoms with Crippen LogP contribution in [0.25, 0.3) is 0 Å². The molecule has 1 N–H and O–H groups in total. The van der Waals surface area contributed by atoms with Crippen LogP contribution < -0.4 is 5.32 Å². The topological polar surface area (TPSA) is 56.9 Å². The highest BCUT2D eigenvalue weighted by Gasteiger charge is 2.06. The van der Waals surface area contributed by atoms with Crippen LogP contribution in [0, 0.1) is 6.92 Å². The lowest BCUT2D eigenvalue weighted by Gasteiger charge is -2.04. The highest BCUT2D eigenvalue weighted by molar-refractivity contribution is 5.11. The van der Waals surface area contributed by atoms with Crippen LogP contribution in [0.4, 0.5) is 0 Å². The fourth-order valence-corrected chi connectivity index (χ4v) is 2.16. The van der Waals surface area contributed by atoms with E-state index in [1.165, 1.54) is 11.3 Å². The lowest BCUT2D eigenvalue weighted by Crippen LogP contribution is -2.18. The molecule has 0 aliphatic heterocycles. The molecule has 2 aromatic rings. The number of hydrogen-bond donors (Lipinski definition) is 1. The molecule has 20 heavy (non-hydrogen) atoms. The van der Waals surface area contributed by atoms with Gasteiger partial charge in [-0.25, -0.2) is 0 Å². The molecule has 0 bridgehead atoms. The summed E-state index contributed by atoms with van der Waals surface area (Å²) in [6, 6.07) is 2.11. The van der Waals surface area contributed by atoms with Gasteiger partial charge in [0.25, 0.3) is 0 Å². The van der Waals surface area contributed by atoms with Crippen LogP contribution in [0.5, 0.6) is 0 Å². The fourth-order valence-electron chi connectivity index (χ4n) is 2.16. The lowest BCUT2D eigenvalue weighted by atomic mass is 10.3. The van der Waals surface area contributed by atoms with Gasteiger partial charge in [0.05, 0.1) is 30.7 Å². The number of ether oxygens (including phenoxy) is 1. The molecule has 0 aromatic carbocycles. The smallest absolute Gasteiger partial charge is 0.0828 e. The maximum atomic E-state index is 5.00. The first-order chi connectivity index (χ1) is 9.72. The Morgan fingerprint density at radius 3 is 3.00 bits per heavy atom. The Hall–Kier alpha value is -1.66. The van der Waals surface area contributed by atoms with Crippen molar-refractivity contribution in [2.75, 3.05) is 20.3 Å². The Bertz CT molecular complexity index is 531. The van der Waals surface area contributed by atoms with Crippen molar-refractivity contribution in [3.05, 3.63) is 35.4 Å². The van der Waals surface area contributed by atoms with Crippen LogP contribution in [0.2, 0.25) is 0 Å². The van der Waals surface area contributed by atoms with Crippen molar-refractivity contribution in [2.24, 2.45) is 0 Å². The summed E-state index contributed by atoms with van der Waals surface area (Å²) in [6.07, 6.45) is 3.97. The molecule has 0 unspecified atom stereocenters. The van der Waals surface area contributed by atoms with E-state index in [4.69, 9.17) is 4.74 Å². The van der Waals surface area contributed by atoms with E-state index >= 15 is 0 Å². The average molecular weight is 277 g/mol. The predicted octanol–water partition coefficient (Wildman–Crippen LogP) is 1.19. The standard InChI is InChI=1S/C14H23N5O/c1-4-19-14(7-12(2)17-19)11-18-10-13(9-16-18)8-15-5-6-20-3/h7,9-10,15H,4-6,8,11H2,1-3H3. The molecule has 6 heteroatoms. The molecule has 2 rings (SSSR count). The summed E-state index contributed by atoms with van der Waals surface area (Å²) in [7, 11) is 1.71. The van der Waals surface area contributed by atoms with Crippen molar-refractivity contribution in [3.63, 3.8) is 0 Å². The molecule has 6 nitrogen and oxygen atoms in total. The van der Waals surface area contributed by atoms with E-state index in [1.54, 1.807) is 7.11 Å². The maximum absolute atomic E-state index is 5.00. The van der Waals surface area contributed by atoms with Crippen molar-refractivity contribution < 1.29 is 4.74 Å². The summed E-state index contributed by atoms with van der Waals surface area (Å²) in [4.78, 5) is 0. The summed E-state index contributed by atoms with van der Waals surface area (Å²) < 4.78 is 8.97. The fraction of sp³-hybridized carbons (Fsp3) is 0.571. The second-order valence-corrected chi connectivity index (χ2v) is 4.81. The van der Waals surface area contributed by atoms with Gasteiger partial charge in [0.1, 0.15) is 0 Å². The number of rotatable bonds is 8. The molecule has 0 aliphatic carbocycles. The largest absolute Gasteiger partial charge is 0.383 e. The van der Waals surface area contributed by atoms with Crippen LogP contribution in [-0.2, 0) is 24.4 Å². The monoisotopic (exact) mass is 277 g/mol. The Morgan fingerprint density at radius 2 is 2.25 bits per heavy atom. The minimum atomic E-state index is 0.725. The first kappa shape index (κ1) is 14.7. The van der Waals surface area contributed by atoms with Gasteiger partial charge in [0.2, 0.25) is 0 Å². The van der Waals surface area contributed by atoms with Crippen molar-refractivity contribution >= 4 is 0 Å². The molecule has 0 aliphatic rings. The highest BCUT2D eigenvalue weighted by atomic mass is 16.5. The van der Waals surface area contributed by atoms with E-state index in [2.05, 4.69) is 34.7 Å². The Labute approximate surface area is 119 Å². The SMILES string of the molecule is CCn1nc(C)cc1Cn1cc(CNCCOC)cn1. The van der Waals surface area contributed by atoms with Gasteiger partial charge in [-0.2, -0.15) is 10.2 Å². The molecule has 2 aromatic heterocycles. The molecular weight excluding hydrogens is 254 g/mol. The van der Waals surface area contributed by atoms with Gasteiger partial charge in [0, 0.05) is 38.5 Å². The molecule has 0 amide bonds. The number of methoxy groups -OCH3 is 1. The molecular formula is C14H23N5O. The van der Waals surface area contributed by atoms with Crippen molar-refractivity contribution in [1.82, 2.24) is 24.9 Å². The van der Waals surface area contributed by atoms with Crippen LogP contribution in [-0.4, -0.2) is 39.8 Å². The predicted molar refractivity (Wildman–Crippen MR) is 77.5 cm³/mol. The number of nitrogens with zero attached hydrogens (tertiary/aromatic N) is 4. The van der Waals surface area contributed by atoms with Gasteiger partial charge in [-0.3, -0.25) is 9.36 Å².